The zero-order chi connectivity index (χ0) is 21.3. The van der Waals surface area contributed by atoms with Gasteiger partial charge in [0.2, 0.25) is 10.0 Å². The van der Waals surface area contributed by atoms with Crippen molar-refractivity contribution in [1.82, 2.24) is 24.4 Å². The van der Waals surface area contributed by atoms with Gasteiger partial charge in [-0.25, -0.2) is 18.4 Å². The summed E-state index contributed by atoms with van der Waals surface area (Å²) in [5.41, 5.74) is 2.26. The maximum absolute atomic E-state index is 13.0. The van der Waals surface area contributed by atoms with Crippen molar-refractivity contribution in [1.29, 1.82) is 0 Å². The maximum atomic E-state index is 13.0. The lowest BCUT2D eigenvalue weighted by Crippen LogP contribution is -2.38. The zero-order valence-corrected chi connectivity index (χ0v) is 18.0. The van der Waals surface area contributed by atoms with Crippen LogP contribution in [0.15, 0.2) is 40.1 Å². The van der Waals surface area contributed by atoms with Crippen LogP contribution in [0.5, 0.6) is 0 Å². The molecule has 3 aromatic rings. The largest absolute Gasteiger partial charge is 0.360 e. The molecule has 1 N–H and O–H groups in total. The lowest BCUT2D eigenvalue weighted by atomic mass is 9.95. The van der Waals surface area contributed by atoms with E-state index in [9.17, 15) is 8.42 Å². The second kappa shape index (κ2) is 8.11. The normalized spacial score (nSPS) is 16.0. The average Bonchev–Trinajstić information content (AvgIpc) is 3.09. The molecule has 0 radical (unpaired) electrons. The van der Waals surface area contributed by atoms with Crippen LogP contribution in [0.2, 0.25) is 0 Å². The molecule has 158 valence electrons. The Morgan fingerprint density at radius 3 is 2.60 bits per heavy atom. The van der Waals surface area contributed by atoms with Gasteiger partial charge >= 0.3 is 0 Å². The molecule has 4 heterocycles. The molecule has 0 aliphatic carbocycles. The fourth-order valence-corrected chi connectivity index (χ4v) is 5.50. The first-order chi connectivity index (χ1) is 14.4. The van der Waals surface area contributed by atoms with Gasteiger partial charge < -0.3 is 9.84 Å². The Morgan fingerprint density at radius 2 is 1.93 bits per heavy atom. The van der Waals surface area contributed by atoms with Crippen LogP contribution >= 0.6 is 0 Å². The number of hydrogen-bond donors (Lipinski definition) is 1. The summed E-state index contributed by atoms with van der Waals surface area (Å²) in [7, 11) is -3.62. The monoisotopic (exact) mass is 428 g/mol. The summed E-state index contributed by atoms with van der Waals surface area (Å²) in [6.45, 7) is 6.07. The molecule has 0 unspecified atom stereocenters. The summed E-state index contributed by atoms with van der Waals surface area (Å²) in [6, 6.07) is 3.86. The predicted octanol–water partition coefficient (Wildman–Crippen LogP) is 3.10. The summed E-state index contributed by atoms with van der Waals surface area (Å²) in [5, 5.41) is 6.99. The Morgan fingerprint density at radius 1 is 1.17 bits per heavy atom. The third kappa shape index (κ3) is 3.92. The van der Waals surface area contributed by atoms with E-state index in [0.717, 1.165) is 17.1 Å². The van der Waals surface area contributed by atoms with Crippen molar-refractivity contribution in [2.75, 3.05) is 18.4 Å². The van der Waals surface area contributed by atoms with Crippen LogP contribution in [0.4, 0.5) is 11.6 Å². The highest BCUT2D eigenvalue weighted by atomic mass is 32.2. The fourth-order valence-electron chi connectivity index (χ4n) is 3.74. The molecule has 0 aromatic carbocycles. The van der Waals surface area contributed by atoms with E-state index < -0.39 is 10.0 Å². The summed E-state index contributed by atoms with van der Waals surface area (Å²) in [4.78, 5) is 13.5. The van der Waals surface area contributed by atoms with Crippen LogP contribution < -0.4 is 5.32 Å². The highest BCUT2D eigenvalue weighted by Crippen LogP contribution is 2.32. The number of rotatable bonds is 5. The van der Waals surface area contributed by atoms with Gasteiger partial charge in [0.25, 0.3) is 0 Å². The highest BCUT2D eigenvalue weighted by molar-refractivity contribution is 7.89. The molecular formula is C20H24N6O3S. The van der Waals surface area contributed by atoms with E-state index in [4.69, 9.17) is 9.51 Å². The molecule has 0 atom stereocenters. The number of sulfonamides is 1. The van der Waals surface area contributed by atoms with Gasteiger partial charge in [0.05, 0.1) is 11.9 Å². The minimum absolute atomic E-state index is 0.139. The molecule has 4 rings (SSSR count). The fraction of sp³-hybridized carbons (Fsp3) is 0.400. The van der Waals surface area contributed by atoms with Crippen molar-refractivity contribution in [3.8, 4) is 0 Å². The highest BCUT2D eigenvalue weighted by Gasteiger charge is 2.34. The number of piperidine rings is 1. The van der Waals surface area contributed by atoms with E-state index in [-0.39, 0.29) is 10.8 Å². The lowest BCUT2D eigenvalue weighted by molar-refractivity contribution is 0.315. The first-order valence-electron chi connectivity index (χ1n) is 9.80. The van der Waals surface area contributed by atoms with Crippen LogP contribution in [0, 0.1) is 20.8 Å². The Bertz CT molecular complexity index is 1130. The van der Waals surface area contributed by atoms with Crippen LogP contribution in [-0.2, 0) is 10.0 Å². The van der Waals surface area contributed by atoms with Gasteiger partial charge in [-0.2, -0.15) is 4.31 Å². The predicted molar refractivity (Wildman–Crippen MR) is 111 cm³/mol. The first kappa shape index (κ1) is 20.4. The average molecular weight is 429 g/mol. The van der Waals surface area contributed by atoms with E-state index >= 15 is 0 Å². The molecular weight excluding hydrogens is 404 g/mol. The molecule has 0 bridgehead atoms. The van der Waals surface area contributed by atoms with Gasteiger partial charge in [-0.15, -0.1) is 0 Å². The van der Waals surface area contributed by atoms with Crippen LogP contribution in [0.1, 0.15) is 41.5 Å². The third-order valence-electron chi connectivity index (χ3n) is 5.35. The van der Waals surface area contributed by atoms with E-state index in [1.807, 2.05) is 19.1 Å². The van der Waals surface area contributed by atoms with Crippen molar-refractivity contribution in [2.45, 2.75) is 44.4 Å². The third-order valence-corrected chi connectivity index (χ3v) is 7.49. The number of anilines is 2. The second-order valence-electron chi connectivity index (χ2n) is 7.45. The molecule has 1 saturated heterocycles. The van der Waals surface area contributed by atoms with Crippen molar-refractivity contribution >= 4 is 21.7 Å². The Labute approximate surface area is 175 Å². The molecule has 1 fully saturated rings. The Balaban J connectivity index is 1.46. The number of nitrogens with one attached hydrogen (secondary N) is 1. The molecule has 1 aliphatic rings. The molecule has 0 spiro atoms. The summed E-state index contributed by atoms with van der Waals surface area (Å²) >= 11 is 0. The Hall–Kier alpha value is -2.85. The molecule has 3 aromatic heterocycles. The minimum Gasteiger partial charge on any atom is -0.360 e. The SMILES string of the molecule is Cc1cccnc1Nc1cncc(C2CCN(S(=O)(=O)c3c(C)noc3C)CC2)n1. The lowest BCUT2D eigenvalue weighted by Gasteiger charge is -2.30. The number of pyridine rings is 1. The summed E-state index contributed by atoms with van der Waals surface area (Å²) in [6.07, 6.45) is 6.47. The van der Waals surface area contributed by atoms with Gasteiger partial charge in [0.1, 0.15) is 22.2 Å². The van der Waals surface area contributed by atoms with Crippen molar-refractivity contribution in [3.63, 3.8) is 0 Å². The van der Waals surface area contributed by atoms with Crippen LogP contribution in [0.3, 0.4) is 0 Å². The van der Waals surface area contributed by atoms with E-state index in [2.05, 4.69) is 20.4 Å². The molecule has 1 aliphatic heterocycles. The van der Waals surface area contributed by atoms with Gasteiger partial charge in [0, 0.05) is 31.4 Å². The van der Waals surface area contributed by atoms with Crippen LogP contribution in [0.25, 0.3) is 0 Å². The quantitative estimate of drug-likeness (QED) is 0.659. The van der Waals surface area contributed by atoms with E-state index in [1.54, 1.807) is 32.4 Å². The first-order valence-corrected chi connectivity index (χ1v) is 11.2. The number of nitrogens with zero attached hydrogens (tertiary/aromatic N) is 5. The van der Waals surface area contributed by atoms with Gasteiger partial charge in [-0.05, 0) is 45.2 Å². The maximum Gasteiger partial charge on any atom is 0.248 e. The molecule has 0 amide bonds. The molecule has 10 heteroatoms. The van der Waals surface area contributed by atoms with Gasteiger partial charge in [-0.3, -0.25) is 4.98 Å². The standard InChI is InChI=1S/C20H24N6O3S/c1-13-5-4-8-22-20(13)24-18-12-21-11-17(23-18)16-6-9-26(10-7-16)30(27,28)19-14(2)25-29-15(19)3/h4-5,8,11-12,16H,6-7,9-10H2,1-3H3,(H,22,23,24). The minimum atomic E-state index is -3.62. The second-order valence-corrected chi connectivity index (χ2v) is 9.33. The molecule has 30 heavy (non-hydrogen) atoms. The van der Waals surface area contributed by atoms with Crippen molar-refractivity contribution in [3.05, 3.63) is 53.4 Å². The van der Waals surface area contributed by atoms with Crippen molar-refractivity contribution in [2.24, 2.45) is 0 Å². The van der Waals surface area contributed by atoms with Crippen molar-refractivity contribution < 1.29 is 12.9 Å². The zero-order valence-electron chi connectivity index (χ0n) is 17.2. The molecule has 9 nitrogen and oxygen atoms in total. The number of aromatic nitrogens is 4. The number of hydrogen-bond acceptors (Lipinski definition) is 8. The topological polar surface area (TPSA) is 114 Å². The van der Waals surface area contributed by atoms with E-state index in [0.29, 0.717) is 43.2 Å². The molecule has 0 saturated carbocycles. The summed E-state index contributed by atoms with van der Waals surface area (Å²) in [5.74, 6) is 1.83. The summed E-state index contributed by atoms with van der Waals surface area (Å²) < 4.78 is 32.6. The van der Waals surface area contributed by atoms with Crippen LogP contribution in [-0.4, -0.2) is 45.9 Å². The number of aryl methyl sites for hydroxylation is 3. The van der Waals surface area contributed by atoms with Gasteiger partial charge in [0.15, 0.2) is 5.76 Å². The van der Waals surface area contributed by atoms with E-state index in [1.165, 1.54) is 4.31 Å². The smallest absolute Gasteiger partial charge is 0.248 e. The van der Waals surface area contributed by atoms with Gasteiger partial charge in [-0.1, -0.05) is 11.2 Å². The Kier molecular flexibility index (Phi) is 5.52.